The summed E-state index contributed by atoms with van der Waals surface area (Å²) in [7, 11) is 1.36. The standard InChI is InChI=1S/C7H10O2/c1-4-5-6(2)7(8)9-3/h1,6H,5H2,2-3H3/t6-/m1/s1. The van der Waals surface area contributed by atoms with Crippen molar-refractivity contribution in [2.75, 3.05) is 7.11 Å². The van der Waals surface area contributed by atoms with E-state index < -0.39 is 0 Å². The molecule has 0 aromatic rings. The third kappa shape index (κ3) is 2.76. The van der Waals surface area contributed by atoms with Gasteiger partial charge in [0.25, 0.3) is 0 Å². The molecule has 0 aliphatic carbocycles. The van der Waals surface area contributed by atoms with Gasteiger partial charge >= 0.3 is 5.97 Å². The van der Waals surface area contributed by atoms with Gasteiger partial charge in [-0.15, -0.1) is 12.3 Å². The lowest BCUT2D eigenvalue weighted by Gasteiger charge is -2.02. The number of hydrogen-bond donors (Lipinski definition) is 0. The van der Waals surface area contributed by atoms with Crippen LogP contribution in [0.3, 0.4) is 0 Å². The van der Waals surface area contributed by atoms with Gasteiger partial charge in [0.05, 0.1) is 13.0 Å². The van der Waals surface area contributed by atoms with Crippen LogP contribution in [0.15, 0.2) is 0 Å². The highest BCUT2D eigenvalue weighted by Crippen LogP contribution is 2.00. The monoisotopic (exact) mass is 126 g/mol. The number of ether oxygens (including phenoxy) is 1. The van der Waals surface area contributed by atoms with Gasteiger partial charge in [-0.3, -0.25) is 4.79 Å². The molecule has 0 saturated carbocycles. The minimum Gasteiger partial charge on any atom is -0.469 e. The van der Waals surface area contributed by atoms with E-state index in [9.17, 15) is 4.79 Å². The van der Waals surface area contributed by atoms with Crippen molar-refractivity contribution in [1.29, 1.82) is 0 Å². The molecule has 0 saturated heterocycles. The molecule has 0 aromatic carbocycles. The molecule has 50 valence electrons. The molecule has 2 nitrogen and oxygen atoms in total. The molecule has 9 heavy (non-hydrogen) atoms. The van der Waals surface area contributed by atoms with Gasteiger partial charge < -0.3 is 4.74 Å². The van der Waals surface area contributed by atoms with E-state index in [-0.39, 0.29) is 11.9 Å². The molecule has 0 spiro atoms. The average molecular weight is 126 g/mol. The summed E-state index contributed by atoms with van der Waals surface area (Å²) in [6, 6.07) is 0. The summed E-state index contributed by atoms with van der Waals surface area (Å²) in [5.74, 6) is 1.97. The van der Waals surface area contributed by atoms with E-state index in [1.807, 2.05) is 0 Å². The van der Waals surface area contributed by atoms with E-state index in [2.05, 4.69) is 10.7 Å². The first-order valence-corrected chi connectivity index (χ1v) is 2.73. The molecule has 0 heterocycles. The summed E-state index contributed by atoms with van der Waals surface area (Å²) in [4.78, 5) is 10.6. The largest absolute Gasteiger partial charge is 0.469 e. The Morgan fingerprint density at radius 2 is 2.44 bits per heavy atom. The number of carbonyl (C=O) groups excluding carboxylic acids is 1. The second-order valence-electron chi connectivity index (χ2n) is 1.83. The second kappa shape index (κ2) is 3.96. The number of terminal acetylenes is 1. The van der Waals surface area contributed by atoms with Crippen molar-refractivity contribution in [3.05, 3.63) is 0 Å². The molecule has 0 rings (SSSR count). The van der Waals surface area contributed by atoms with Crippen molar-refractivity contribution in [2.24, 2.45) is 5.92 Å². The van der Waals surface area contributed by atoms with Crippen molar-refractivity contribution in [3.8, 4) is 12.3 Å². The summed E-state index contributed by atoms with van der Waals surface area (Å²) in [5.41, 5.74) is 0. The maximum Gasteiger partial charge on any atom is 0.309 e. The van der Waals surface area contributed by atoms with Crippen molar-refractivity contribution >= 4 is 5.97 Å². The van der Waals surface area contributed by atoms with Crippen molar-refractivity contribution < 1.29 is 9.53 Å². The van der Waals surface area contributed by atoms with Crippen molar-refractivity contribution in [2.45, 2.75) is 13.3 Å². The zero-order chi connectivity index (χ0) is 7.28. The molecule has 0 aliphatic heterocycles. The Kier molecular flexibility index (Phi) is 3.54. The molecule has 0 aliphatic rings. The number of methoxy groups -OCH3 is 1. The molecule has 2 heteroatoms. The van der Waals surface area contributed by atoms with Gasteiger partial charge in [-0.05, 0) is 0 Å². The Hall–Kier alpha value is -0.970. The topological polar surface area (TPSA) is 26.3 Å². The molecule has 0 radical (unpaired) electrons. The minimum absolute atomic E-state index is 0.167. The second-order valence-corrected chi connectivity index (χ2v) is 1.83. The zero-order valence-corrected chi connectivity index (χ0v) is 5.68. The lowest BCUT2D eigenvalue weighted by molar-refractivity contribution is -0.144. The van der Waals surface area contributed by atoms with Gasteiger partial charge in [-0.2, -0.15) is 0 Å². The van der Waals surface area contributed by atoms with E-state index in [1.165, 1.54) is 7.11 Å². The lowest BCUT2D eigenvalue weighted by atomic mass is 10.1. The van der Waals surface area contributed by atoms with Crippen molar-refractivity contribution in [3.63, 3.8) is 0 Å². The Labute approximate surface area is 55.2 Å². The van der Waals surface area contributed by atoms with Crippen LogP contribution in [0.4, 0.5) is 0 Å². The molecule has 0 bridgehead atoms. The van der Waals surface area contributed by atoms with Gasteiger partial charge in [0.2, 0.25) is 0 Å². The van der Waals surface area contributed by atoms with Gasteiger partial charge in [-0.1, -0.05) is 6.92 Å². The maximum atomic E-state index is 10.6. The molecule has 1 atom stereocenters. The van der Waals surface area contributed by atoms with Gasteiger partial charge in [0, 0.05) is 6.42 Å². The van der Waals surface area contributed by atoms with Gasteiger partial charge in [0.1, 0.15) is 0 Å². The molecular formula is C7H10O2. The number of hydrogen-bond acceptors (Lipinski definition) is 2. The average Bonchev–Trinajstić information content (AvgIpc) is 1.87. The predicted molar refractivity (Wildman–Crippen MR) is 34.6 cm³/mol. The first-order chi connectivity index (χ1) is 4.22. The lowest BCUT2D eigenvalue weighted by Crippen LogP contribution is -2.11. The van der Waals surface area contributed by atoms with E-state index in [1.54, 1.807) is 6.92 Å². The van der Waals surface area contributed by atoms with E-state index in [0.717, 1.165) is 0 Å². The summed E-state index contributed by atoms with van der Waals surface area (Å²) in [5, 5.41) is 0. The molecule has 0 aromatic heterocycles. The van der Waals surface area contributed by atoms with Crippen LogP contribution in [0.1, 0.15) is 13.3 Å². The predicted octanol–water partition coefficient (Wildman–Crippen LogP) is 0.819. The van der Waals surface area contributed by atoms with Crippen LogP contribution in [0.2, 0.25) is 0 Å². The fourth-order valence-electron chi connectivity index (χ4n) is 0.461. The minimum atomic E-state index is -0.243. The third-order valence-electron chi connectivity index (χ3n) is 1.03. The number of carbonyl (C=O) groups is 1. The fourth-order valence-corrected chi connectivity index (χ4v) is 0.461. The molecule has 0 fully saturated rings. The summed E-state index contributed by atoms with van der Waals surface area (Å²) in [6.45, 7) is 1.74. The van der Waals surface area contributed by atoms with E-state index in [4.69, 9.17) is 6.42 Å². The first kappa shape index (κ1) is 8.03. The molecule has 0 unspecified atom stereocenters. The maximum absolute atomic E-state index is 10.6. The van der Waals surface area contributed by atoms with Crippen molar-refractivity contribution in [1.82, 2.24) is 0 Å². The molecule has 0 amide bonds. The van der Waals surface area contributed by atoms with Crippen LogP contribution in [0.25, 0.3) is 0 Å². The Bertz CT molecular complexity index is 132. The number of rotatable bonds is 2. The fraction of sp³-hybridized carbons (Fsp3) is 0.571. The quantitative estimate of drug-likeness (QED) is 0.404. The highest BCUT2D eigenvalue weighted by molar-refractivity contribution is 5.72. The number of esters is 1. The smallest absolute Gasteiger partial charge is 0.309 e. The van der Waals surface area contributed by atoms with Crippen LogP contribution in [0, 0.1) is 18.3 Å². The normalized spacial score (nSPS) is 11.7. The van der Waals surface area contributed by atoms with Gasteiger partial charge in [-0.25, -0.2) is 0 Å². The van der Waals surface area contributed by atoms with Crippen LogP contribution < -0.4 is 0 Å². The summed E-state index contributed by atoms with van der Waals surface area (Å²) in [6.07, 6.45) is 5.42. The van der Waals surface area contributed by atoms with Gasteiger partial charge in [0.15, 0.2) is 0 Å². The SMILES string of the molecule is C#CC[C@@H](C)C(=O)OC. The van der Waals surface area contributed by atoms with Crippen LogP contribution >= 0.6 is 0 Å². The van der Waals surface area contributed by atoms with E-state index >= 15 is 0 Å². The van der Waals surface area contributed by atoms with Crippen LogP contribution in [-0.4, -0.2) is 13.1 Å². The highest BCUT2D eigenvalue weighted by Gasteiger charge is 2.09. The molecular weight excluding hydrogens is 116 g/mol. The highest BCUT2D eigenvalue weighted by atomic mass is 16.5. The Morgan fingerprint density at radius 1 is 1.89 bits per heavy atom. The zero-order valence-electron chi connectivity index (χ0n) is 5.68. The van der Waals surface area contributed by atoms with E-state index in [0.29, 0.717) is 6.42 Å². The summed E-state index contributed by atoms with van der Waals surface area (Å²) >= 11 is 0. The molecule has 0 N–H and O–H groups in total. The Balaban J connectivity index is 3.62. The van der Waals surface area contributed by atoms with Crippen LogP contribution in [-0.2, 0) is 9.53 Å². The first-order valence-electron chi connectivity index (χ1n) is 2.73. The van der Waals surface area contributed by atoms with Crippen LogP contribution in [0.5, 0.6) is 0 Å². The third-order valence-corrected chi connectivity index (χ3v) is 1.03. The Morgan fingerprint density at radius 3 is 2.78 bits per heavy atom. The summed E-state index contributed by atoms with van der Waals surface area (Å²) < 4.78 is 4.43.